The minimum Gasteiger partial charge on any atom is -0.341 e. The number of benzene rings is 1. The first-order valence-electron chi connectivity index (χ1n) is 6.72. The Labute approximate surface area is 110 Å². The van der Waals surface area contributed by atoms with Gasteiger partial charge in [0.25, 0.3) is 0 Å². The molecule has 0 saturated heterocycles. The number of hydrogen-bond donors (Lipinski definition) is 0. The quantitative estimate of drug-likeness (QED) is 0.799. The van der Waals surface area contributed by atoms with E-state index < -0.39 is 0 Å². The summed E-state index contributed by atoms with van der Waals surface area (Å²) < 4.78 is 0. The van der Waals surface area contributed by atoms with Crippen molar-refractivity contribution in [2.75, 3.05) is 7.05 Å². The standard InChI is InChI=1S/C16H23NO/c1-16(2,3)14-9-5-12(6-10-14)11-17(4)15(18)13-7-8-13/h5-6,9-10,13H,7-8,11H2,1-4H3. The van der Waals surface area contributed by atoms with Gasteiger partial charge in [0.05, 0.1) is 0 Å². The van der Waals surface area contributed by atoms with Gasteiger partial charge in [0, 0.05) is 19.5 Å². The van der Waals surface area contributed by atoms with Crippen LogP contribution < -0.4 is 0 Å². The molecule has 0 aromatic heterocycles. The summed E-state index contributed by atoms with van der Waals surface area (Å²) in [4.78, 5) is 13.7. The van der Waals surface area contributed by atoms with E-state index in [1.54, 1.807) is 0 Å². The van der Waals surface area contributed by atoms with E-state index in [0.29, 0.717) is 11.8 Å². The maximum absolute atomic E-state index is 11.9. The zero-order valence-electron chi connectivity index (χ0n) is 11.9. The third kappa shape index (κ3) is 3.12. The Kier molecular flexibility index (Phi) is 3.47. The van der Waals surface area contributed by atoms with Crippen molar-refractivity contribution in [3.8, 4) is 0 Å². The van der Waals surface area contributed by atoms with Crippen molar-refractivity contribution in [3.63, 3.8) is 0 Å². The molecule has 1 fully saturated rings. The van der Waals surface area contributed by atoms with Crippen molar-refractivity contribution in [1.29, 1.82) is 0 Å². The smallest absolute Gasteiger partial charge is 0.225 e. The van der Waals surface area contributed by atoms with Crippen molar-refractivity contribution in [2.24, 2.45) is 5.92 Å². The van der Waals surface area contributed by atoms with Crippen molar-refractivity contribution in [3.05, 3.63) is 35.4 Å². The molecule has 1 amide bonds. The first kappa shape index (κ1) is 13.1. The Morgan fingerprint density at radius 3 is 2.22 bits per heavy atom. The van der Waals surface area contributed by atoms with Gasteiger partial charge in [-0.05, 0) is 29.4 Å². The number of carbonyl (C=O) groups is 1. The van der Waals surface area contributed by atoms with Crippen molar-refractivity contribution in [2.45, 2.75) is 45.6 Å². The van der Waals surface area contributed by atoms with Gasteiger partial charge in [-0.1, -0.05) is 45.0 Å². The van der Waals surface area contributed by atoms with Crippen molar-refractivity contribution in [1.82, 2.24) is 4.90 Å². The first-order chi connectivity index (χ1) is 8.38. The number of rotatable bonds is 3. The van der Waals surface area contributed by atoms with Crippen LogP contribution in [-0.4, -0.2) is 17.9 Å². The molecule has 0 N–H and O–H groups in total. The van der Waals surface area contributed by atoms with E-state index in [1.165, 1.54) is 11.1 Å². The van der Waals surface area contributed by atoms with Gasteiger partial charge in [-0.2, -0.15) is 0 Å². The fourth-order valence-electron chi connectivity index (χ4n) is 2.10. The predicted octanol–water partition coefficient (Wildman–Crippen LogP) is 3.35. The fourth-order valence-corrected chi connectivity index (χ4v) is 2.10. The Hall–Kier alpha value is -1.31. The van der Waals surface area contributed by atoms with E-state index in [9.17, 15) is 4.79 Å². The van der Waals surface area contributed by atoms with Gasteiger partial charge < -0.3 is 4.90 Å². The van der Waals surface area contributed by atoms with Crippen LogP contribution in [0.15, 0.2) is 24.3 Å². The van der Waals surface area contributed by atoms with E-state index >= 15 is 0 Å². The maximum atomic E-state index is 11.9. The first-order valence-corrected chi connectivity index (χ1v) is 6.72. The maximum Gasteiger partial charge on any atom is 0.225 e. The summed E-state index contributed by atoms with van der Waals surface area (Å²) in [5, 5.41) is 0. The van der Waals surface area contributed by atoms with Crippen LogP contribution in [0.3, 0.4) is 0 Å². The lowest BCUT2D eigenvalue weighted by Crippen LogP contribution is -2.27. The zero-order chi connectivity index (χ0) is 13.3. The SMILES string of the molecule is CN(Cc1ccc(C(C)(C)C)cc1)C(=O)C1CC1. The molecule has 0 spiro atoms. The summed E-state index contributed by atoms with van der Waals surface area (Å²) in [5.41, 5.74) is 2.73. The lowest BCUT2D eigenvalue weighted by molar-refractivity contribution is -0.131. The predicted molar refractivity (Wildman–Crippen MR) is 74.3 cm³/mol. The molecule has 1 aromatic rings. The van der Waals surface area contributed by atoms with Gasteiger partial charge >= 0.3 is 0 Å². The largest absolute Gasteiger partial charge is 0.341 e. The van der Waals surface area contributed by atoms with Gasteiger partial charge in [0.15, 0.2) is 0 Å². The molecular weight excluding hydrogens is 222 g/mol. The molecule has 0 radical (unpaired) electrons. The van der Waals surface area contributed by atoms with Gasteiger partial charge in [-0.3, -0.25) is 4.79 Å². The van der Waals surface area contributed by atoms with Crippen LogP contribution in [-0.2, 0) is 16.8 Å². The summed E-state index contributed by atoms with van der Waals surface area (Å²) in [7, 11) is 1.90. The molecule has 0 unspecified atom stereocenters. The average molecular weight is 245 g/mol. The topological polar surface area (TPSA) is 20.3 Å². The number of carbonyl (C=O) groups excluding carboxylic acids is 1. The van der Waals surface area contributed by atoms with E-state index in [-0.39, 0.29) is 5.41 Å². The molecule has 98 valence electrons. The molecule has 2 rings (SSSR count). The summed E-state index contributed by atoms with van der Waals surface area (Å²) in [6.07, 6.45) is 2.15. The average Bonchev–Trinajstić information content (AvgIpc) is 3.11. The van der Waals surface area contributed by atoms with Crippen LogP contribution in [0, 0.1) is 5.92 Å². The molecular formula is C16H23NO. The van der Waals surface area contributed by atoms with Crippen LogP contribution in [0.25, 0.3) is 0 Å². The normalized spacial score (nSPS) is 15.6. The highest BCUT2D eigenvalue weighted by Gasteiger charge is 2.31. The number of hydrogen-bond acceptors (Lipinski definition) is 1. The monoisotopic (exact) mass is 245 g/mol. The summed E-state index contributed by atoms with van der Waals surface area (Å²) >= 11 is 0. The van der Waals surface area contributed by atoms with Crippen LogP contribution >= 0.6 is 0 Å². The Balaban J connectivity index is 1.99. The number of amides is 1. The zero-order valence-corrected chi connectivity index (χ0v) is 11.9. The van der Waals surface area contributed by atoms with Gasteiger partial charge in [-0.25, -0.2) is 0 Å². The van der Waals surface area contributed by atoms with Crippen LogP contribution in [0.4, 0.5) is 0 Å². The van der Waals surface area contributed by atoms with Crippen LogP contribution in [0.2, 0.25) is 0 Å². The second kappa shape index (κ2) is 4.75. The van der Waals surface area contributed by atoms with Crippen molar-refractivity contribution >= 4 is 5.91 Å². The molecule has 2 heteroatoms. The van der Waals surface area contributed by atoms with E-state index in [1.807, 2.05) is 11.9 Å². The number of nitrogens with zero attached hydrogens (tertiary/aromatic N) is 1. The lowest BCUT2D eigenvalue weighted by Gasteiger charge is -2.21. The molecule has 1 saturated carbocycles. The molecule has 1 aromatic carbocycles. The molecule has 2 nitrogen and oxygen atoms in total. The lowest BCUT2D eigenvalue weighted by atomic mass is 9.87. The molecule has 0 bridgehead atoms. The second-order valence-electron chi connectivity index (χ2n) is 6.42. The van der Waals surface area contributed by atoms with Crippen molar-refractivity contribution < 1.29 is 4.79 Å². The molecule has 18 heavy (non-hydrogen) atoms. The minimum atomic E-state index is 0.189. The highest BCUT2D eigenvalue weighted by molar-refractivity contribution is 5.80. The Morgan fingerprint density at radius 1 is 1.22 bits per heavy atom. The van der Waals surface area contributed by atoms with Gasteiger partial charge in [-0.15, -0.1) is 0 Å². The Bertz CT molecular complexity index is 423. The summed E-state index contributed by atoms with van der Waals surface area (Å²) in [6, 6.07) is 8.62. The summed E-state index contributed by atoms with van der Waals surface area (Å²) in [5.74, 6) is 0.610. The minimum absolute atomic E-state index is 0.189. The highest BCUT2D eigenvalue weighted by Crippen LogP contribution is 2.31. The third-order valence-electron chi connectivity index (χ3n) is 3.54. The molecule has 1 aliphatic rings. The molecule has 0 atom stereocenters. The fraction of sp³-hybridized carbons (Fsp3) is 0.562. The molecule has 1 aliphatic carbocycles. The van der Waals surface area contributed by atoms with E-state index in [0.717, 1.165) is 19.4 Å². The second-order valence-corrected chi connectivity index (χ2v) is 6.42. The molecule has 0 heterocycles. The molecule has 0 aliphatic heterocycles. The van der Waals surface area contributed by atoms with E-state index in [2.05, 4.69) is 45.0 Å². The summed E-state index contributed by atoms with van der Waals surface area (Å²) in [6.45, 7) is 7.36. The van der Waals surface area contributed by atoms with Crippen LogP contribution in [0.1, 0.15) is 44.7 Å². The Morgan fingerprint density at radius 2 is 1.78 bits per heavy atom. The van der Waals surface area contributed by atoms with Gasteiger partial charge in [0.1, 0.15) is 0 Å². The highest BCUT2D eigenvalue weighted by atomic mass is 16.2. The van der Waals surface area contributed by atoms with E-state index in [4.69, 9.17) is 0 Å². The van der Waals surface area contributed by atoms with Gasteiger partial charge in [0.2, 0.25) is 5.91 Å². The third-order valence-corrected chi connectivity index (χ3v) is 3.54. The van der Waals surface area contributed by atoms with Crippen LogP contribution in [0.5, 0.6) is 0 Å².